The Balaban J connectivity index is 1.87. The van der Waals surface area contributed by atoms with Gasteiger partial charge in [-0.05, 0) is 33.7 Å². The van der Waals surface area contributed by atoms with Crippen LogP contribution in [0.4, 0.5) is 0 Å². The van der Waals surface area contributed by atoms with Crippen molar-refractivity contribution < 1.29 is 4.79 Å². The van der Waals surface area contributed by atoms with Gasteiger partial charge in [0.05, 0.1) is 0 Å². The summed E-state index contributed by atoms with van der Waals surface area (Å²) >= 11 is 0. The van der Waals surface area contributed by atoms with Gasteiger partial charge < -0.3 is 9.80 Å². The van der Waals surface area contributed by atoms with E-state index in [1.54, 1.807) is 6.33 Å². The van der Waals surface area contributed by atoms with Crippen molar-refractivity contribution in [1.82, 2.24) is 19.8 Å². The topological polar surface area (TPSA) is 49.3 Å². The van der Waals surface area contributed by atoms with Crippen molar-refractivity contribution in [2.45, 2.75) is 39.3 Å². The highest BCUT2D eigenvalue weighted by Gasteiger charge is 2.36. The molecule has 1 fully saturated rings. The number of likely N-dealkylation sites (tertiary alicyclic amines) is 1. The molecule has 1 aromatic rings. The lowest BCUT2D eigenvalue weighted by molar-refractivity contribution is -0.131. The van der Waals surface area contributed by atoms with Gasteiger partial charge in [-0.25, -0.2) is 9.97 Å². The van der Waals surface area contributed by atoms with Crippen LogP contribution in [0.5, 0.6) is 0 Å². The molecular formula is C15H24N4O. The Bertz CT molecular complexity index is 455. The van der Waals surface area contributed by atoms with Gasteiger partial charge in [-0.2, -0.15) is 0 Å². The van der Waals surface area contributed by atoms with Gasteiger partial charge in [-0.15, -0.1) is 0 Å². The number of aromatic nitrogens is 2. The van der Waals surface area contributed by atoms with E-state index < -0.39 is 0 Å². The molecule has 2 rings (SSSR count). The molecule has 5 heteroatoms. The van der Waals surface area contributed by atoms with Gasteiger partial charge in [0.2, 0.25) is 5.91 Å². The molecule has 0 spiro atoms. The number of nitrogens with zero attached hydrogens (tertiary/aromatic N) is 4. The first-order valence-corrected chi connectivity index (χ1v) is 7.09. The first kappa shape index (κ1) is 14.9. The first-order valence-electron chi connectivity index (χ1n) is 7.09. The lowest BCUT2D eigenvalue weighted by atomic mass is 10.1. The Hall–Kier alpha value is -1.49. The highest BCUT2D eigenvalue weighted by molar-refractivity contribution is 5.79. The minimum absolute atomic E-state index is 0.0718. The van der Waals surface area contributed by atoms with E-state index in [9.17, 15) is 4.79 Å². The molecule has 1 aliphatic heterocycles. The fourth-order valence-electron chi connectivity index (χ4n) is 2.78. The fourth-order valence-corrected chi connectivity index (χ4v) is 2.78. The standard InChI is InChI=1S/C15H24N4O/c1-15(2,3)19-10-12(5-14(19)20)8-18(4)9-13-6-16-11-17-7-13/h6-7,11-12H,5,8-10H2,1-4H3. The molecule has 5 nitrogen and oxygen atoms in total. The zero-order valence-electron chi connectivity index (χ0n) is 12.8. The van der Waals surface area contributed by atoms with Gasteiger partial charge in [-0.3, -0.25) is 4.79 Å². The fraction of sp³-hybridized carbons (Fsp3) is 0.667. The highest BCUT2D eigenvalue weighted by atomic mass is 16.2. The average Bonchev–Trinajstić information content (AvgIpc) is 2.71. The largest absolute Gasteiger partial charge is 0.338 e. The van der Waals surface area contributed by atoms with Crippen LogP contribution in [0, 0.1) is 5.92 Å². The molecule has 0 radical (unpaired) electrons. The normalized spacial score (nSPS) is 19.9. The van der Waals surface area contributed by atoms with Crippen molar-refractivity contribution in [3.05, 3.63) is 24.3 Å². The predicted octanol–water partition coefficient (Wildman–Crippen LogP) is 1.56. The summed E-state index contributed by atoms with van der Waals surface area (Å²) in [5.74, 6) is 0.690. The van der Waals surface area contributed by atoms with Crippen molar-refractivity contribution >= 4 is 5.91 Å². The summed E-state index contributed by atoms with van der Waals surface area (Å²) < 4.78 is 0. The van der Waals surface area contributed by atoms with Crippen LogP contribution in [0.3, 0.4) is 0 Å². The van der Waals surface area contributed by atoms with E-state index in [-0.39, 0.29) is 11.4 Å². The first-order chi connectivity index (χ1) is 9.36. The van der Waals surface area contributed by atoms with Crippen LogP contribution in [0.2, 0.25) is 0 Å². The van der Waals surface area contributed by atoms with Crippen molar-refractivity contribution in [2.75, 3.05) is 20.1 Å². The van der Waals surface area contributed by atoms with E-state index in [0.29, 0.717) is 12.3 Å². The SMILES string of the molecule is CN(Cc1cncnc1)CC1CC(=O)N(C(C)(C)C)C1. The second kappa shape index (κ2) is 5.87. The van der Waals surface area contributed by atoms with Gasteiger partial charge in [0.25, 0.3) is 0 Å². The van der Waals surface area contributed by atoms with Crippen molar-refractivity contribution in [2.24, 2.45) is 5.92 Å². The van der Waals surface area contributed by atoms with E-state index in [1.807, 2.05) is 17.3 Å². The molecule has 1 aromatic heterocycles. The van der Waals surface area contributed by atoms with E-state index in [2.05, 4.69) is 42.7 Å². The van der Waals surface area contributed by atoms with E-state index in [4.69, 9.17) is 0 Å². The van der Waals surface area contributed by atoms with E-state index in [0.717, 1.165) is 25.2 Å². The summed E-state index contributed by atoms with van der Waals surface area (Å²) in [5.41, 5.74) is 1.03. The summed E-state index contributed by atoms with van der Waals surface area (Å²) in [7, 11) is 2.08. The summed E-state index contributed by atoms with van der Waals surface area (Å²) in [5, 5.41) is 0. The van der Waals surface area contributed by atoms with E-state index >= 15 is 0 Å². The summed E-state index contributed by atoms with van der Waals surface area (Å²) in [6.07, 6.45) is 5.88. The smallest absolute Gasteiger partial charge is 0.223 e. The van der Waals surface area contributed by atoms with Crippen LogP contribution < -0.4 is 0 Å². The molecule has 110 valence electrons. The van der Waals surface area contributed by atoms with E-state index in [1.165, 1.54) is 0 Å². The Labute approximate surface area is 121 Å². The number of carbonyl (C=O) groups is 1. The number of carbonyl (C=O) groups excluding carboxylic acids is 1. The number of amides is 1. The van der Waals surface area contributed by atoms with Crippen LogP contribution in [-0.4, -0.2) is 51.4 Å². The van der Waals surface area contributed by atoms with Gasteiger partial charge in [0, 0.05) is 49.6 Å². The molecule has 1 saturated heterocycles. The van der Waals surface area contributed by atoms with Gasteiger partial charge >= 0.3 is 0 Å². The monoisotopic (exact) mass is 276 g/mol. The van der Waals surface area contributed by atoms with Gasteiger partial charge in [-0.1, -0.05) is 0 Å². The third kappa shape index (κ3) is 3.76. The minimum Gasteiger partial charge on any atom is -0.338 e. The molecular weight excluding hydrogens is 252 g/mol. The Kier molecular flexibility index (Phi) is 4.38. The molecule has 1 amide bonds. The summed E-state index contributed by atoms with van der Waals surface area (Å²) in [6, 6.07) is 0. The quantitative estimate of drug-likeness (QED) is 0.837. The maximum Gasteiger partial charge on any atom is 0.223 e. The molecule has 0 aromatic carbocycles. The van der Waals surface area contributed by atoms with Crippen molar-refractivity contribution in [1.29, 1.82) is 0 Å². The second-order valence-electron chi connectivity index (χ2n) is 6.69. The number of rotatable bonds is 4. The average molecular weight is 276 g/mol. The zero-order chi connectivity index (χ0) is 14.8. The summed E-state index contributed by atoms with van der Waals surface area (Å²) in [6.45, 7) is 8.89. The minimum atomic E-state index is -0.0718. The van der Waals surface area contributed by atoms with Crippen LogP contribution in [0.15, 0.2) is 18.7 Å². The molecule has 0 saturated carbocycles. The zero-order valence-corrected chi connectivity index (χ0v) is 12.8. The third-order valence-electron chi connectivity index (χ3n) is 3.65. The van der Waals surface area contributed by atoms with Gasteiger partial charge in [0.15, 0.2) is 0 Å². The molecule has 0 N–H and O–H groups in total. The Morgan fingerprint density at radius 3 is 2.55 bits per heavy atom. The lowest BCUT2D eigenvalue weighted by Gasteiger charge is -2.32. The summed E-state index contributed by atoms with van der Waals surface area (Å²) in [4.78, 5) is 24.3. The second-order valence-corrected chi connectivity index (χ2v) is 6.69. The molecule has 1 unspecified atom stereocenters. The molecule has 1 aliphatic rings. The number of hydrogen-bond acceptors (Lipinski definition) is 4. The van der Waals surface area contributed by atoms with Crippen LogP contribution in [0.25, 0.3) is 0 Å². The van der Waals surface area contributed by atoms with Crippen LogP contribution in [-0.2, 0) is 11.3 Å². The number of hydrogen-bond donors (Lipinski definition) is 0. The third-order valence-corrected chi connectivity index (χ3v) is 3.65. The Morgan fingerprint density at radius 1 is 1.35 bits per heavy atom. The molecule has 0 bridgehead atoms. The Morgan fingerprint density at radius 2 is 2.00 bits per heavy atom. The molecule has 2 heterocycles. The molecule has 20 heavy (non-hydrogen) atoms. The molecule has 0 aliphatic carbocycles. The van der Waals surface area contributed by atoms with Crippen molar-refractivity contribution in [3.8, 4) is 0 Å². The lowest BCUT2D eigenvalue weighted by Crippen LogP contribution is -2.42. The van der Waals surface area contributed by atoms with Crippen molar-refractivity contribution in [3.63, 3.8) is 0 Å². The van der Waals surface area contributed by atoms with Crippen LogP contribution in [0.1, 0.15) is 32.8 Å². The predicted molar refractivity (Wildman–Crippen MR) is 77.9 cm³/mol. The van der Waals surface area contributed by atoms with Gasteiger partial charge in [0.1, 0.15) is 6.33 Å². The maximum atomic E-state index is 12.1. The highest BCUT2D eigenvalue weighted by Crippen LogP contribution is 2.26. The van der Waals surface area contributed by atoms with Crippen LogP contribution >= 0.6 is 0 Å². The molecule has 1 atom stereocenters. The maximum absolute atomic E-state index is 12.1.